The fourth-order valence-corrected chi connectivity index (χ4v) is 3.53. The molecule has 4 nitrogen and oxygen atoms in total. The van der Waals surface area contributed by atoms with E-state index < -0.39 is 0 Å². The van der Waals surface area contributed by atoms with Crippen molar-refractivity contribution in [2.24, 2.45) is 16.1 Å². The van der Waals surface area contributed by atoms with Crippen molar-refractivity contribution in [1.82, 2.24) is 0 Å². The highest BCUT2D eigenvalue weighted by Crippen LogP contribution is 2.26. The molecule has 0 fully saturated rings. The molecule has 0 spiro atoms. The van der Waals surface area contributed by atoms with Crippen LogP contribution in [0.15, 0.2) is 83.0 Å². The first-order valence-corrected chi connectivity index (χ1v) is 12.9. The van der Waals surface area contributed by atoms with Gasteiger partial charge in [0.05, 0.1) is 24.6 Å². The molecule has 0 saturated heterocycles. The molecule has 5 heteroatoms. The smallest absolute Gasteiger partial charge is 0.119 e. The second kappa shape index (κ2) is 14.5. The highest BCUT2D eigenvalue weighted by atomic mass is 32.1. The van der Waals surface area contributed by atoms with Gasteiger partial charge in [0, 0.05) is 0 Å². The van der Waals surface area contributed by atoms with Crippen LogP contribution in [-0.2, 0) is 0 Å². The molecule has 0 bridgehead atoms. The molecule has 180 valence electrons. The first-order valence-electron chi connectivity index (χ1n) is 12.3. The van der Waals surface area contributed by atoms with Crippen molar-refractivity contribution in [2.45, 2.75) is 46.0 Å². The summed E-state index contributed by atoms with van der Waals surface area (Å²) in [4.78, 5) is 0. The molecule has 3 aromatic carbocycles. The van der Waals surface area contributed by atoms with Crippen molar-refractivity contribution in [3.8, 4) is 22.6 Å². The summed E-state index contributed by atoms with van der Waals surface area (Å²) >= 11 is 4.24. The lowest BCUT2D eigenvalue weighted by Gasteiger charge is -2.11. The highest BCUT2D eigenvalue weighted by molar-refractivity contribution is 7.80. The van der Waals surface area contributed by atoms with E-state index in [9.17, 15) is 0 Å². The van der Waals surface area contributed by atoms with Crippen LogP contribution in [0.2, 0.25) is 0 Å². The number of hydrogen-bond acceptors (Lipinski definition) is 5. The van der Waals surface area contributed by atoms with E-state index in [-0.39, 0.29) is 0 Å². The summed E-state index contributed by atoms with van der Waals surface area (Å²) in [5.74, 6) is 3.31. The molecule has 0 radical (unpaired) electrons. The van der Waals surface area contributed by atoms with Gasteiger partial charge in [-0.25, -0.2) is 0 Å². The summed E-state index contributed by atoms with van der Waals surface area (Å²) in [6.45, 7) is 5.88. The topological polar surface area (TPSA) is 43.2 Å². The van der Waals surface area contributed by atoms with Crippen molar-refractivity contribution >= 4 is 24.0 Å². The predicted molar refractivity (Wildman–Crippen MR) is 145 cm³/mol. The van der Waals surface area contributed by atoms with Crippen LogP contribution in [0.4, 0.5) is 11.4 Å². The summed E-state index contributed by atoms with van der Waals surface area (Å²) in [5, 5.41) is 8.71. The van der Waals surface area contributed by atoms with Crippen LogP contribution >= 0.6 is 12.6 Å². The fourth-order valence-electron chi connectivity index (χ4n) is 3.30. The standard InChI is InChI=1S/C29H36N2O2S/c1-3-23(2)22-33-29-16-10-25(11-17-29)24-8-12-26(13-9-24)30-31-27-14-18-28(19-15-27)32-20-6-4-5-7-21-34/h8-19,23,34H,3-7,20-22H2,1-2H3/t23-/m0/s1. The third-order valence-corrected chi connectivity index (χ3v) is 6.04. The van der Waals surface area contributed by atoms with Crippen LogP contribution in [0.1, 0.15) is 46.0 Å². The number of thiol groups is 1. The average Bonchev–Trinajstić information content (AvgIpc) is 2.89. The van der Waals surface area contributed by atoms with Crippen molar-refractivity contribution in [3.63, 3.8) is 0 Å². The van der Waals surface area contributed by atoms with Crippen LogP contribution < -0.4 is 9.47 Å². The lowest BCUT2D eigenvalue weighted by atomic mass is 10.1. The summed E-state index contributed by atoms with van der Waals surface area (Å²) < 4.78 is 11.6. The van der Waals surface area contributed by atoms with Gasteiger partial charge in [0.2, 0.25) is 0 Å². The van der Waals surface area contributed by atoms with E-state index in [2.05, 4.69) is 61.0 Å². The van der Waals surface area contributed by atoms with Gasteiger partial charge in [-0.3, -0.25) is 0 Å². The van der Waals surface area contributed by atoms with Gasteiger partial charge >= 0.3 is 0 Å². The lowest BCUT2D eigenvalue weighted by molar-refractivity contribution is 0.256. The third kappa shape index (κ3) is 8.86. The zero-order valence-corrected chi connectivity index (χ0v) is 21.2. The van der Waals surface area contributed by atoms with E-state index in [0.29, 0.717) is 5.92 Å². The molecule has 0 heterocycles. The number of unbranched alkanes of at least 4 members (excludes halogenated alkanes) is 3. The van der Waals surface area contributed by atoms with E-state index in [1.165, 1.54) is 19.3 Å². The minimum Gasteiger partial charge on any atom is -0.494 e. The molecule has 0 aliphatic carbocycles. The van der Waals surface area contributed by atoms with E-state index >= 15 is 0 Å². The van der Waals surface area contributed by atoms with Crippen molar-refractivity contribution in [3.05, 3.63) is 72.8 Å². The number of rotatable bonds is 14. The first-order chi connectivity index (χ1) is 16.7. The summed E-state index contributed by atoms with van der Waals surface area (Å²) in [7, 11) is 0. The monoisotopic (exact) mass is 476 g/mol. The van der Waals surface area contributed by atoms with E-state index in [1.807, 2.05) is 48.5 Å². The molecule has 3 rings (SSSR count). The number of hydrogen-bond donors (Lipinski definition) is 1. The van der Waals surface area contributed by atoms with Crippen LogP contribution in [0, 0.1) is 5.92 Å². The van der Waals surface area contributed by atoms with Crippen molar-refractivity contribution in [1.29, 1.82) is 0 Å². The maximum atomic E-state index is 5.85. The van der Waals surface area contributed by atoms with Gasteiger partial charge in [0.15, 0.2) is 0 Å². The second-order valence-electron chi connectivity index (χ2n) is 8.58. The third-order valence-electron chi connectivity index (χ3n) is 5.73. The number of nitrogens with zero attached hydrogens (tertiary/aromatic N) is 2. The summed E-state index contributed by atoms with van der Waals surface area (Å²) in [6.07, 6.45) is 5.77. The Morgan fingerprint density at radius 1 is 0.676 bits per heavy atom. The van der Waals surface area contributed by atoms with Crippen molar-refractivity contribution < 1.29 is 9.47 Å². The second-order valence-corrected chi connectivity index (χ2v) is 9.02. The Hall–Kier alpha value is -2.79. The Balaban J connectivity index is 1.48. The minimum atomic E-state index is 0.565. The fraction of sp³-hybridized carbons (Fsp3) is 0.379. The number of ether oxygens (including phenoxy) is 2. The Morgan fingerprint density at radius 2 is 1.18 bits per heavy atom. The largest absolute Gasteiger partial charge is 0.494 e. The SMILES string of the molecule is CC[C@H](C)COc1ccc(-c2ccc(N=Nc3ccc(OCCCCCCS)cc3)cc2)cc1. The highest BCUT2D eigenvalue weighted by Gasteiger charge is 2.03. The first kappa shape index (κ1) is 25.8. The average molecular weight is 477 g/mol. The van der Waals surface area contributed by atoms with Crippen LogP contribution in [-0.4, -0.2) is 19.0 Å². The molecule has 0 aliphatic rings. The van der Waals surface area contributed by atoms with Gasteiger partial charge < -0.3 is 9.47 Å². The number of azo groups is 1. The van der Waals surface area contributed by atoms with Crippen LogP contribution in [0.25, 0.3) is 11.1 Å². The molecule has 0 aliphatic heterocycles. The van der Waals surface area contributed by atoms with Crippen LogP contribution in [0.5, 0.6) is 11.5 Å². The van der Waals surface area contributed by atoms with Gasteiger partial charge in [-0.05, 0) is 84.2 Å². The Kier molecular flexibility index (Phi) is 11.0. The van der Waals surface area contributed by atoms with E-state index in [1.54, 1.807) is 0 Å². The van der Waals surface area contributed by atoms with Gasteiger partial charge in [-0.15, -0.1) is 0 Å². The van der Waals surface area contributed by atoms with Gasteiger partial charge in [0.1, 0.15) is 11.5 Å². The molecule has 0 N–H and O–H groups in total. The Labute approximate surface area is 209 Å². The zero-order valence-electron chi connectivity index (χ0n) is 20.3. The van der Waals surface area contributed by atoms with Gasteiger partial charge in [-0.2, -0.15) is 22.9 Å². The molecule has 0 aromatic heterocycles. The molecule has 0 saturated carbocycles. The van der Waals surface area contributed by atoms with E-state index in [0.717, 1.165) is 65.8 Å². The molecule has 34 heavy (non-hydrogen) atoms. The predicted octanol–water partition coefficient (Wildman–Crippen LogP) is 9.06. The van der Waals surface area contributed by atoms with Crippen LogP contribution in [0.3, 0.4) is 0 Å². The Morgan fingerprint density at radius 3 is 1.76 bits per heavy atom. The molecule has 3 aromatic rings. The minimum absolute atomic E-state index is 0.565. The molecular weight excluding hydrogens is 440 g/mol. The Bertz CT molecular complexity index is 986. The molecule has 1 atom stereocenters. The maximum Gasteiger partial charge on any atom is 0.119 e. The summed E-state index contributed by atoms with van der Waals surface area (Å²) in [6, 6.07) is 24.1. The molecule has 0 amide bonds. The maximum absolute atomic E-state index is 5.85. The van der Waals surface area contributed by atoms with Gasteiger partial charge in [-0.1, -0.05) is 57.4 Å². The molecular formula is C29H36N2O2S. The number of benzene rings is 3. The normalized spacial score (nSPS) is 12.1. The van der Waals surface area contributed by atoms with E-state index in [4.69, 9.17) is 9.47 Å². The molecule has 0 unspecified atom stereocenters. The van der Waals surface area contributed by atoms with Crippen molar-refractivity contribution in [2.75, 3.05) is 19.0 Å². The quantitative estimate of drug-likeness (QED) is 0.143. The lowest BCUT2D eigenvalue weighted by Crippen LogP contribution is -2.06. The summed E-state index contributed by atoms with van der Waals surface area (Å²) in [5.41, 5.74) is 3.91. The zero-order chi connectivity index (χ0) is 24.0. The van der Waals surface area contributed by atoms with Gasteiger partial charge in [0.25, 0.3) is 0 Å².